The molecule has 0 bridgehead atoms. The summed E-state index contributed by atoms with van der Waals surface area (Å²) < 4.78 is 0. The zero-order chi connectivity index (χ0) is 14.5. The molecule has 1 unspecified atom stereocenters. The molecule has 5 nitrogen and oxygen atoms in total. The molecule has 2 N–H and O–H groups in total. The quantitative estimate of drug-likeness (QED) is 0.647. The Kier molecular flexibility index (Phi) is 4.32. The first-order chi connectivity index (χ1) is 9.56. The smallest absolute Gasteiger partial charge is 0.269 e. The monoisotopic (exact) mass is 272 g/mol. The minimum absolute atomic E-state index is 0.0876. The van der Waals surface area contributed by atoms with Gasteiger partial charge in [0.1, 0.15) is 5.75 Å². The van der Waals surface area contributed by atoms with Gasteiger partial charge in [-0.1, -0.05) is 24.3 Å². The van der Waals surface area contributed by atoms with Crippen LogP contribution in [-0.2, 0) is 6.54 Å². The lowest BCUT2D eigenvalue weighted by molar-refractivity contribution is -0.384. The van der Waals surface area contributed by atoms with Gasteiger partial charge in [-0.3, -0.25) is 10.1 Å². The van der Waals surface area contributed by atoms with Crippen LogP contribution in [0.15, 0.2) is 48.5 Å². The lowest BCUT2D eigenvalue weighted by Gasteiger charge is -2.14. The maximum Gasteiger partial charge on any atom is 0.269 e. The van der Waals surface area contributed by atoms with Gasteiger partial charge in [0.2, 0.25) is 0 Å². The minimum Gasteiger partial charge on any atom is -0.508 e. The fourth-order valence-corrected chi connectivity index (χ4v) is 1.89. The summed E-state index contributed by atoms with van der Waals surface area (Å²) in [4.78, 5) is 10.2. The topological polar surface area (TPSA) is 75.4 Å². The molecular weight excluding hydrogens is 256 g/mol. The van der Waals surface area contributed by atoms with Gasteiger partial charge in [-0.05, 0) is 30.2 Å². The third-order valence-corrected chi connectivity index (χ3v) is 3.15. The maximum absolute atomic E-state index is 10.6. The number of benzene rings is 2. The molecule has 0 saturated carbocycles. The highest BCUT2D eigenvalue weighted by molar-refractivity contribution is 5.34. The lowest BCUT2D eigenvalue weighted by Crippen LogP contribution is -2.17. The van der Waals surface area contributed by atoms with E-state index < -0.39 is 4.92 Å². The summed E-state index contributed by atoms with van der Waals surface area (Å²) in [5.41, 5.74) is 2.16. The van der Waals surface area contributed by atoms with Crippen molar-refractivity contribution in [1.82, 2.24) is 5.32 Å². The first kappa shape index (κ1) is 14.0. The number of nitrogens with one attached hydrogen (secondary N) is 1. The van der Waals surface area contributed by atoms with Gasteiger partial charge in [0.25, 0.3) is 5.69 Å². The molecule has 0 heterocycles. The number of nitro groups is 1. The Hall–Kier alpha value is -2.40. The van der Waals surface area contributed by atoms with Crippen LogP contribution in [0, 0.1) is 10.1 Å². The summed E-state index contributed by atoms with van der Waals surface area (Å²) in [5, 5.41) is 23.1. The van der Waals surface area contributed by atoms with E-state index in [2.05, 4.69) is 5.32 Å². The third kappa shape index (κ3) is 3.55. The van der Waals surface area contributed by atoms with Gasteiger partial charge in [-0.2, -0.15) is 0 Å². The van der Waals surface area contributed by atoms with Crippen molar-refractivity contribution in [2.45, 2.75) is 19.5 Å². The predicted molar refractivity (Wildman–Crippen MR) is 76.5 cm³/mol. The van der Waals surface area contributed by atoms with E-state index in [0.717, 1.165) is 11.1 Å². The van der Waals surface area contributed by atoms with Crippen molar-refractivity contribution < 1.29 is 10.0 Å². The first-order valence-electron chi connectivity index (χ1n) is 6.32. The molecule has 104 valence electrons. The van der Waals surface area contributed by atoms with Crippen molar-refractivity contribution in [3.05, 3.63) is 69.8 Å². The van der Waals surface area contributed by atoms with Crippen LogP contribution in [0.3, 0.4) is 0 Å². The Morgan fingerprint density at radius 1 is 1.15 bits per heavy atom. The van der Waals surface area contributed by atoms with Gasteiger partial charge in [0, 0.05) is 24.7 Å². The Morgan fingerprint density at radius 3 is 2.30 bits per heavy atom. The van der Waals surface area contributed by atoms with Crippen LogP contribution in [-0.4, -0.2) is 10.0 Å². The molecule has 0 fully saturated rings. The summed E-state index contributed by atoms with van der Waals surface area (Å²) in [6.07, 6.45) is 0. The summed E-state index contributed by atoms with van der Waals surface area (Å²) in [6, 6.07) is 13.6. The number of hydrogen-bond donors (Lipinski definition) is 2. The fraction of sp³-hybridized carbons (Fsp3) is 0.200. The average Bonchev–Trinajstić information content (AvgIpc) is 2.46. The third-order valence-electron chi connectivity index (χ3n) is 3.15. The second kappa shape index (κ2) is 6.16. The SMILES string of the molecule is CC(NCc1ccc(O)cc1)c1ccc([N+](=O)[O-])cc1. The van der Waals surface area contributed by atoms with Crippen LogP contribution in [0.2, 0.25) is 0 Å². The number of hydrogen-bond acceptors (Lipinski definition) is 4. The van der Waals surface area contributed by atoms with Crippen LogP contribution in [0.5, 0.6) is 5.75 Å². The zero-order valence-corrected chi connectivity index (χ0v) is 11.1. The van der Waals surface area contributed by atoms with Gasteiger partial charge in [-0.15, -0.1) is 0 Å². The largest absolute Gasteiger partial charge is 0.508 e. The number of nitro benzene ring substituents is 1. The molecule has 2 aromatic carbocycles. The fourth-order valence-electron chi connectivity index (χ4n) is 1.89. The van der Waals surface area contributed by atoms with Crippen LogP contribution in [0.4, 0.5) is 5.69 Å². The number of aromatic hydroxyl groups is 1. The molecule has 2 rings (SSSR count). The summed E-state index contributed by atoms with van der Waals surface area (Å²) in [5.74, 6) is 0.247. The highest BCUT2D eigenvalue weighted by atomic mass is 16.6. The van der Waals surface area contributed by atoms with Crippen molar-refractivity contribution >= 4 is 5.69 Å². The standard InChI is InChI=1S/C15H16N2O3/c1-11(13-4-6-14(7-5-13)17(19)20)16-10-12-2-8-15(18)9-3-12/h2-9,11,16,18H,10H2,1H3. The Balaban J connectivity index is 1.95. The van der Waals surface area contributed by atoms with Gasteiger partial charge >= 0.3 is 0 Å². The molecule has 0 radical (unpaired) electrons. The van der Waals surface area contributed by atoms with Crippen molar-refractivity contribution in [2.75, 3.05) is 0 Å². The van der Waals surface area contributed by atoms with Crippen molar-refractivity contribution in [3.63, 3.8) is 0 Å². The van der Waals surface area contributed by atoms with E-state index in [9.17, 15) is 15.2 Å². The number of phenols is 1. The van der Waals surface area contributed by atoms with Crippen LogP contribution >= 0.6 is 0 Å². The molecule has 20 heavy (non-hydrogen) atoms. The molecule has 2 aromatic rings. The highest BCUT2D eigenvalue weighted by Crippen LogP contribution is 2.18. The molecule has 5 heteroatoms. The van der Waals surface area contributed by atoms with Crippen molar-refractivity contribution in [3.8, 4) is 5.75 Å². The molecule has 1 atom stereocenters. The Bertz CT molecular complexity index is 579. The second-order valence-corrected chi connectivity index (χ2v) is 4.62. The molecule has 0 aliphatic rings. The minimum atomic E-state index is -0.404. The summed E-state index contributed by atoms with van der Waals surface area (Å²) >= 11 is 0. The number of non-ortho nitro benzene ring substituents is 1. The van der Waals surface area contributed by atoms with E-state index in [-0.39, 0.29) is 17.5 Å². The number of phenolic OH excluding ortho intramolecular Hbond substituents is 1. The average molecular weight is 272 g/mol. The first-order valence-corrected chi connectivity index (χ1v) is 6.32. The van der Waals surface area contributed by atoms with Gasteiger partial charge in [-0.25, -0.2) is 0 Å². The summed E-state index contributed by atoms with van der Waals surface area (Å²) in [6.45, 7) is 2.67. The van der Waals surface area contributed by atoms with E-state index >= 15 is 0 Å². The van der Waals surface area contributed by atoms with E-state index in [1.807, 2.05) is 19.1 Å². The summed E-state index contributed by atoms with van der Waals surface area (Å²) in [7, 11) is 0. The molecule has 0 spiro atoms. The molecule has 0 aliphatic heterocycles. The van der Waals surface area contributed by atoms with Crippen LogP contribution in [0.1, 0.15) is 24.1 Å². The maximum atomic E-state index is 10.6. The van der Waals surface area contributed by atoms with Gasteiger partial charge < -0.3 is 10.4 Å². The highest BCUT2D eigenvalue weighted by Gasteiger charge is 2.08. The molecule has 0 aliphatic carbocycles. The van der Waals surface area contributed by atoms with E-state index in [1.54, 1.807) is 24.3 Å². The normalized spacial score (nSPS) is 12.1. The molecular formula is C15H16N2O3. The zero-order valence-electron chi connectivity index (χ0n) is 11.1. The van der Waals surface area contributed by atoms with Gasteiger partial charge in [0.15, 0.2) is 0 Å². The molecule has 0 aromatic heterocycles. The van der Waals surface area contributed by atoms with Crippen molar-refractivity contribution in [1.29, 1.82) is 0 Å². The lowest BCUT2D eigenvalue weighted by atomic mass is 10.1. The van der Waals surface area contributed by atoms with Crippen LogP contribution < -0.4 is 5.32 Å². The van der Waals surface area contributed by atoms with E-state index in [0.29, 0.717) is 6.54 Å². The van der Waals surface area contributed by atoms with E-state index in [4.69, 9.17) is 0 Å². The van der Waals surface area contributed by atoms with Crippen molar-refractivity contribution in [2.24, 2.45) is 0 Å². The molecule has 0 amide bonds. The predicted octanol–water partition coefficient (Wildman–Crippen LogP) is 3.15. The second-order valence-electron chi connectivity index (χ2n) is 4.62. The van der Waals surface area contributed by atoms with Gasteiger partial charge in [0.05, 0.1) is 4.92 Å². The Labute approximate surface area is 117 Å². The van der Waals surface area contributed by atoms with E-state index in [1.165, 1.54) is 12.1 Å². The Morgan fingerprint density at radius 2 is 1.75 bits per heavy atom. The number of nitrogens with zero attached hydrogens (tertiary/aromatic N) is 1. The number of rotatable bonds is 5. The molecule has 0 saturated heterocycles. The van der Waals surface area contributed by atoms with Crippen LogP contribution in [0.25, 0.3) is 0 Å².